The van der Waals surface area contributed by atoms with E-state index in [9.17, 15) is 8.78 Å². The molecule has 0 atom stereocenters. The lowest BCUT2D eigenvalue weighted by Crippen LogP contribution is -2.11. The molecule has 0 aliphatic carbocycles. The average Bonchev–Trinajstić information content (AvgIpc) is 2.42. The molecule has 0 unspecified atom stereocenters. The molecular formula is C14H12F2N2OS. The van der Waals surface area contributed by atoms with Gasteiger partial charge in [-0.1, -0.05) is 18.3 Å². The van der Waals surface area contributed by atoms with E-state index in [2.05, 4.69) is 5.32 Å². The predicted octanol–water partition coefficient (Wildman–Crippen LogP) is 3.35. The maximum atomic E-state index is 13.9. The molecule has 3 N–H and O–H groups in total. The van der Waals surface area contributed by atoms with Crippen LogP contribution in [0.2, 0.25) is 0 Å². The normalized spacial score (nSPS) is 10.2. The summed E-state index contributed by atoms with van der Waals surface area (Å²) in [6.45, 7) is 0. The van der Waals surface area contributed by atoms with Crippen LogP contribution in [0.3, 0.4) is 0 Å². The fourth-order valence-corrected chi connectivity index (χ4v) is 1.80. The van der Waals surface area contributed by atoms with Gasteiger partial charge in [0.1, 0.15) is 28.1 Å². The second-order valence-corrected chi connectivity index (χ2v) is 4.48. The van der Waals surface area contributed by atoms with E-state index in [1.165, 1.54) is 7.11 Å². The summed E-state index contributed by atoms with van der Waals surface area (Å²) in [5.74, 6) is -0.957. The van der Waals surface area contributed by atoms with Crippen LogP contribution < -0.4 is 15.8 Å². The van der Waals surface area contributed by atoms with Crippen LogP contribution in [-0.2, 0) is 0 Å². The number of halogens is 2. The number of benzene rings is 2. The fraction of sp³-hybridized carbons (Fsp3) is 0.0714. The van der Waals surface area contributed by atoms with E-state index in [0.717, 1.165) is 12.1 Å². The van der Waals surface area contributed by atoms with Crippen molar-refractivity contribution in [1.82, 2.24) is 0 Å². The monoisotopic (exact) mass is 294 g/mol. The summed E-state index contributed by atoms with van der Waals surface area (Å²) in [6.07, 6.45) is 0. The highest BCUT2D eigenvalue weighted by atomic mass is 32.1. The van der Waals surface area contributed by atoms with Crippen LogP contribution in [0.4, 0.5) is 20.2 Å². The van der Waals surface area contributed by atoms with E-state index in [1.807, 2.05) is 0 Å². The first kappa shape index (κ1) is 14.2. The van der Waals surface area contributed by atoms with E-state index in [4.69, 9.17) is 22.7 Å². The zero-order valence-electron chi connectivity index (χ0n) is 10.6. The minimum absolute atomic E-state index is 0.0595. The predicted molar refractivity (Wildman–Crippen MR) is 78.5 cm³/mol. The Labute approximate surface area is 120 Å². The molecule has 0 saturated heterocycles. The van der Waals surface area contributed by atoms with Crippen molar-refractivity contribution in [1.29, 1.82) is 0 Å². The second-order valence-electron chi connectivity index (χ2n) is 4.04. The molecule has 6 heteroatoms. The van der Waals surface area contributed by atoms with Crippen LogP contribution in [0.25, 0.3) is 0 Å². The number of hydrogen-bond acceptors (Lipinski definition) is 3. The molecule has 0 fully saturated rings. The van der Waals surface area contributed by atoms with Crippen molar-refractivity contribution in [2.24, 2.45) is 5.73 Å². The number of thiocarbonyl (C=S) groups is 1. The molecule has 0 aliphatic heterocycles. The summed E-state index contributed by atoms with van der Waals surface area (Å²) in [5, 5.41) is 2.67. The summed E-state index contributed by atoms with van der Waals surface area (Å²) < 4.78 is 32.8. The van der Waals surface area contributed by atoms with Gasteiger partial charge in [0.05, 0.1) is 7.11 Å². The summed E-state index contributed by atoms with van der Waals surface area (Å²) >= 11 is 4.69. The van der Waals surface area contributed by atoms with Gasteiger partial charge < -0.3 is 15.8 Å². The molecule has 0 spiro atoms. The number of methoxy groups -OCH3 is 1. The van der Waals surface area contributed by atoms with Gasteiger partial charge in [-0.3, -0.25) is 0 Å². The highest BCUT2D eigenvalue weighted by molar-refractivity contribution is 7.80. The van der Waals surface area contributed by atoms with Crippen LogP contribution in [0.15, 0.2) is 36.4 Å². The zero-order chi connectivity index (χ0) is 14.7. The third-order valence-electron chi connectivity index (χ3n) is 2.67. The van der Waals surface area contributed by atoms with Gasteiger partial charge >= 0.3 is 0 Å². The Morgan fingerprint density at radius 1 is 1.20 bits per heavy atom. The van der Waals surface area contributed by atoms with Gasteiger partial charge in [-0.05, 0) is 24.3 Å². The lowest BCUT2D eigenvalue weighted by molar-refractivity contribution is 0.415. The molecule has 2 aromatic carbocycles. The van der Waals surface area contributed by atoms with Crippen molar-refractivity contribution in [2.45, 2.75) is 0 Å². The minimum atomic E-state index is -0.768. The van der Waals surface area contributed by atoms with Crippen molar-refractivity contribution in [3.8, 4) is 5.75 Å². The van der Waals surface area contributed by atoms with Gasteiger partial charge in [0.2, 0.25) is 0 Å². The van der Waals surface area contributed by atoms with Crippen molar-refractivity contribution in [3.63, 3.8) is 0 Å². The van der Waals surface area contributed by atoms with Crippen LogP contribution in [0, 0.1) is 11.6 Å². The topological polar surface area (TPSA) is 47.3 Å². The first-order valence-electron chi connectivity index (χ1n) is 5.71. The molecule has 0 aromatic heterocycles. The maximum Gasteiger partial charge on any atom is 0.150 e. The molecule has 0 aliphatic rings. The Kier molecular flexibility index (Phi) is 4.14. The van der Waals surface area contributed by atoms with Gasteiger partial charge in [0.15, 0.2) is 0 Å². The van der Waals surface area contributed by atoms with Crippen LogP contribution in [-0.4, -0.2) is 12.1 Å². The van der Waals surface area contributed by atoms with E-state index in [1.54, 1.807) is 24.3 Å². The lowest BCUT2D eigenvalue weighted by Gasteiger charge is -2.11. The van der Waals surface area contributed by atoms with Crippen LogP contribution in [0.5, 0.6) is 5.75 Å². The van der Waals surface area contributed by atoms with E-state index in [-0.39, 0.29) is 16.2 Å². The number of ether oxygens (including phenoxy) is 1. The Balaban J connectivity index is 2.36. The zero-order valence-corrected chi connectivity index (χ0v) is 11.4. The average molecular weight is 294 g/mol. The maximum absolute atomic E-state index is 13.9. The van der Waals surface area contributed by atoms with E-state index in [0.29, 0.717) is 11.4 Å². The summed E-state index contributed by atoms with van der Waals surface area (Å²) in [4.78, 5) is -0.0595. The Bertz CT molecular complexity index is 638. The molecular weight excluding hydrogens is 282 g/mol. The highest BCUT2D eigenvalue weighted by Gasteiger charge is 2.12. The molecule has 0 heterocycles. The number of anilines is 2. The van der Waals surface area contributed by atoms with Crippen molar-refractivity contribution < 1.29 is 13.5 Å². The smallest absolute Gasteiger partial charge is 0.150 e. The first-order chi connectivity index (χ1) is 9.51. The SMILES string of the molecule is COc1cccc(Nc2c(F)cc(C(N)=S)cc2F)c1. The standard InChI is InChI=1S/C14H12F2N2OS/c1-19-10-4-2-3-9(7-10)18-13-11(15)5-8(14(17)20)6-12(13)16/h2-7,18H,1H3,(H2,17,20). The molecule has 20 heavy (non-hydrogen) atoms. The second kappa shape index (κ2) is 5.83. The quantitative estimate of drug-likeness (QED) is 0.849. The summed E-state index contributed by atoms with van der Waals surface area (Å²) in [6, 6.07) is 8.92. The minimum Gasteiger partial charge on any atom is -0.497 e. The number of nitrogens with two attached hydrogens (primary N) is 1. The molecule has 0 amide bonds. The molecule has 0 bridgehead atoms. The summed E-state index contributed by atoms with van der Waals surface area (Å²) in [7, 11) is 1.51. The molecule has 0 radical (unpaired) electrons. The molecule has 3 nitrogen and oxygen atoms in total. The van der Waals surface area contributed by atoms with Crippen molar-refractivity contribution >= 4 is 28.6 Å². The Morgan fingerprint density at radius 3 is 2.40 bits per heavy atom. The van der Waals surface area contributed by atoms with Gasteiger partial charge in [0, 0.05) is 17.3 Å². The molecule has 0 saturated carbocycles. The highest BCUT2D eigenvalue weighted by Crippen LogP contribution is 2.26. The molecule has 104 valence electrons. The fourth-order valence-electron chi connectivity index (χ4n) is 1.68. The van der Waals surface area contributed by atoms with Crippen molar-refractivity contribution in [2.75, 3.05) is 12.4 Å². The number of hydrogen-bond donors (Lipinski definition) is 2. The van der Waals surface area contributed by atoms with Crippen LogP contribution >= 0.6 is 12.2 Å². The third-order valence-corrected chi connectivity index (χ3v) is 2.90. The van der Waals surface area contributed by atoms with Crippen molar-refractivity contribution in [3.05, 3.63) is 53.6 Å². The molecule has 2 rings (SSSR count). The summed E-state index contributed by atoms with van der Waals surface area (Å²) in [5.41, 5.74) is 5.74. The molecule has 2 aromatic rings. The van der Waals surface area contributed by atoms with Gasteiger partial charge in [-0.15, -0.1) is 0 Å². The van der Waals surface area contributed by atoms with Crippen LogP contribution in [0.1, 0.15) is 5.56 Å². The largest absolute Gasteiger partial charge is 0.497 e. The van der Waals surface area contributed by atoms with Gasteiger partial charge in [-0.2, -0.15) is 0 Å². The number of rotatable bonds is 4. The van der Waals surface area contributed by atoms with Gasteiger partial charge in [0.25, 0.3) is 0 Å². The van der Waals surface area contributed by atoms with E-state index >= 15 is 0 Å². The third kappa shape index (κ3) is 3.03. The first-order valence-corrected chi connectivity index (χ1v) is 6.12. The Hall–Kier alpha value is -2.21. The number of nitrogens with one attached hydrogen (secondary N) is 1. The lowest BCUT2D eigenvalue weighted by atomic mass is 10.1. The van der Waals surface area contributed by atoms with E-state index < -0.39 is 11.6 Å². The van der Waals surface area contributed by atoms with Gasteiger partial charge in [-0.25, -0.2) is 8.78 Å². The Morgan fingerprint density at radius 2 is 1.85 bits per heavy atom.